The molecule has 0 amide bonds. The first-order valence-electron chi connectivity index (χ1n) is 11.1. The second kappa shape index (κ2) is 9.88. The number of nitrogens with zero attached hydrogens (tertiary/aromatic N) is 3. The van der Waals surface area contributed by atoms with Gasteiger partial charge >= 0.3 is 5.97 Å². The van der Waals surface area contributed by atoms with E-state index in [4.69, 9.17) is 13.7 Å². The summed E-state index contributed by atoms with van der Waals surface area (Å²) in [5.74, 6) is -1.40. The number of halogens is 1. The second-order valence-electron chi connectivity index (χ2n) is 8.20. The van der Waals surface area contributed by atoms with Crippen LogP contribution < -0.4 is 9.74 Å². The molecule has 13 heteroatoms. The Morgan fingerprint density at radius 3 is 2.66 bits per heavy atom. The normalized spacial score (nSPS) is 17.7. The van der Waals surface area contributed by atoms with Crippen LogP contribution in [0.2, 0.25) is 0 Å². The maximum Gasteiger partial charge on any atom is 0.361 e. The van der Waals surface area contributed by atoms with Gasteiger partial charge in [0.25, 0.3) is 5.56 Å². The first-order chi connectivity index (χ1) is 16.6. The molecule has 2 aromatic rings. The molecule has 1 aromatic heterocycles. The molecule has 1 spiro atoms. The third-order valence-electron chi connectivity index (χ3n) is 6.16. The molecule has 2 aliphatic rings. The number of hydrogen-bond acceptors (Lipinski definition) is 9. The van der Waals surface area contributed by atoms with Gasteiger partial charge in [0.1, 0.15) is 17.2 Å². The lowest BCUT2D eigenvalue weighted by Crippen LogP contribution is -2.52. The summed E-state index contributed by atoms with van der Waals surface area (Å²) in [6.45, 7) is 3.88. The molecule has 190 valence electrons. The van der Waals surface area contributed by atoms with Gasteiger partial charge in [0, 0.05) is 19.3 Å². The van der Waals surface area contributed by atoms with Crippen LogP contribution >= 0.6 is 12.0 Å². The lowest BCUT2D eigenvalue weighted by atomic mass is 9.89. The van der Waals surface area contributed by atoms with Crippen molar-refractivity contribution in [3.63, 3.8) is 0 Å². The average Bonchev–Trinajstić information content (AvgIpc) is 2.83. The van der Waals surface area contributed by atoms with Crippen LogP contribution in [0.5, 0.6) is 5.75 Å². The Bertz CT molecular complexity index is 1300. The first kappa shape index (κ1) is 25.6. The minimum Gasteiger partial charge on any atom is -0.461 e. The Kier molecular flexibility index (Phi) is 7.23. The number of rotatable bonds is 6. The number of esters is 1. The molecular formula is C22H26FN3O7S2. The number of sulfonamides is 1. The van der Waals surface area contributed by atoms with Gasteiger partial charge in [-0.15, -0.1) is 0 Å². The molecule has 0 atom stereocenters. The SMILES string of the molecule is CCOC(=O)c1nc2n(c(=O)c1OSC)CCOC21CCN(S(=O)(=O)c2cc(F)ccc2C)CC1. The van der Waals surface area contributed by atoms with E-state index < -0.39 is 33.0 Å². The lowest BCUT2D eigenvalue weighted by molar-refractivity contribution is -0.110. The van der Waals surface area contributed by atoms with Crippen molar-refractivity contribution in [2.75, 3.05) is 32.6 Å². The second-order valence-corrected chi connectivity index (χ2v) is 10.6. The summed E-state index contributed by atoms with van der Waals surface area (Å²) in [6, 6.07) is 3.66. The van der Waals surface area contributed by atoms with E-state index in [1.54, 1.807) is 20.1 Å². The molecule has 35 heavy (non-hydrogen) atoms. The van der Waals surface area contributed by atoms with E-state index in [0.717, 1.165) is 18.1 Å². The Morgan fingerprint density at radius 2 is 2.00 bits per heavy atom. The monoisotopic (exact) mass is 527 g/mol. The van der Waals surface area contributed by atoms with Crippen LogP contribution in [0.15, 0.2) is 27.9 Å². The zero-order valence-electron chi connectivity index (χ0n) is 19.6. The molecule has 0 aliphatic carbocycles. The van der Waals surface area contributed by atoms with E-state index in [-0.39, 0.29) is 67.9 Å². The van der Waals surface area contributed by atoms with E-state index in [1.807, 2.05) is 0 Å². The molecule has 2 aliphatic heterocycles. The molecule has 0 N–H and O–H groups in total. The fourth-order valence-electron chi connectivity index (χ4n) is 4.43. The van der Waals surface area contributed by atoms with Crippen molar-refractivity contribution in [3.05, 3.63) is 51.5 Å². The molecule has 0 saturated carbocycles. The highest BCUT2D eigenvalue weighted by Crippen LogP contribution is 2.40. The topological polar surface area (TPSA) is 117 Å². The summed E-state index contributed by atoms with van der Waals surface area (Å²) >= 11 is 0.907. The number of carbonyl (C=O) groups is 1. The Morgan fingerprint density at radius 1 is 1.29 bits per heavy atom. The summed E-state index contributed by atoms with van der Waals surface area (Å²) in [5.41, 5.74) is -1.40. The molecular weight excluding hydrogens is 501 g/mol. The Hall–Kier alpha value is -2.48. The molecule has 1 aromatic carbocycles. The zero-order valence-corrected chi connectivity index (χ0v) is 21.2. The van der Waals surface area contributed by atoms with E-state index in [9.17, 15) is 22.4 Å². The third kappa shape index (κ3) is 4.57. The Balaban J connectivity index is 1.70. The minimum absolute atomic E-state index is 0.0615. The molecule has 0 bridgehead atoms. The summed E-state index contributed by atoms with van der Waals surface area (Å²) in [6.07, 6.45) is 2.00. The number of aromatic nitrogens is 2. The molecule has 3 heterocycles. The van der Waals surface area contributed by atoms with Crippen molar-refractivity contribution in [2.24, 2.45) is 0 Å². The highest BCUT2D eigenvalue weighted by Gasteiger charge is 2.46. The summed E-state index contributed by atoms with van der Waals surface area (Å²) in [4.78, 5) is 30.2. The number of ether oxygens (including phenoxy) is 2. The summed E-state index contributed by atoms with van der Waals surface area (Å²) < 4.78 is 59.5. The van der Waals surface area contributed by atoms with Gasteiger partial charge in [-0.05, 0) is 44.4 Å². The number of aryl methyl sites for hydroxylation is 1. The van der Waals surface area contributed by atoms with Crippen molar-refractivity contribution < 1.29 is 31.3 Å². The molecule has 0 radical (unpaired) electrons. The van der Waals surface area contributed by atoms with Crippen molar-refractivity contribution in [1.82, 2.24) is 13.9 Å². The maximum absolute atomic E-state index is 13.8. The van der Waals surface area contributed by atoms with Crippen LogP contribution in [0, 0.1) is 12.7 Å². The molecule has 1 fully saturated rings. The van der Waals surface area contributed by atoms with Crippen LogP contribution in [0.3, 0.4) is 0 Å². The minimum atomic E-state index is -3.95. The van der Waals surface area contributed by atoms with Crippen molar-refractivity contribution in [3.8, 4) is 5.75 Å². The first-order valence-corrected chi connectivity index (χ1v) is 13.7. The van der Waals surface area contributed by atoms with Crippen LogP contribution in [0.25, 0.3) is 0 Å². The van der Waals surface area contributed by atoms with Gasteiger partial charge in [-0.2, -0.15) is 4.31 Å². The van der Waals surface area contributed by atoms with E-state index in [2.05, 4.69) is 4.98 Å². The van der Waals surface area contributed by atoms with E-state index >= 15 is 0 Å². The van der Waals surface area contributed by atoms with Crippen molar-refractivity contribution in [2.45, 2.75) is 43.7 Å². The quantitative estimate of drug-likeness (QED) is 0.412. The predicted octanol–water partition coefficient (Wildman–Crippen LogP) is 2.23. The number of hydrogen-bond donors (Lipinski definition) is 0. The molecule has 4 rings (SSSR count). The van der Waals surface area contributed by atoms with Gasteiger partial charge < -0.3 is 13.7 Å². The lowest BCUT2D eigenvalue weighted by Gasteiger charge is -2.43. The highest BCUT2D eigenvalue weighted by molar-refractivity contribution is 7.94. The zero-order chi connectivity index (χ0) is 25.4. The third-order valence-corrected chi connectivity index (χ3v) is 8.54. The van der Waals surface area contributed by atoms with Gasteiger partial charge in [-0.25, -0.2) is 22.6 Å². The summed E-state index contributed by atoms with van der Waals surface area (Å²) in [5, 5.41) is 0. The van der Waals surface area contributed by atoms with Crippen LogP contribution in [0.4, 0.5) is 4.39 Å². The van der Waals surface area contributed by atoms with Gasteiger partial charge in [0.15, 0.2) is 5.69 Å². The number of benzene rings is 1. The van der Waals surface area contributed by atoms with Crippen LogP contribution in [-0.4, -0.2) is 60.8 Å². The van der Waals surface area contributed by atoms with Gasteiger partial charge in [0.05, 0.1) is 36.7 Å². The van der Waals surface area contributed by atoms with Gasteiger partial charge in [-0.3, -0.25) is 9.36 Å². The predicted molar refractivity (Wildman–Crippen MR) is 125 cm³/mol. The fraction of sp³-hybridized carbons (Fsp3) is 0.500. The highest BCUT2D eigenvalue weighted by atomic mass is 32.2. The fourth-order valence-corrected chi connectivity index (χ4v) is 6.43. The van der Waals surface area contributed by atoms with Crippen molar-refractivity contribution >= 4 is 28.0 Å². The van der Waals surface area contributed by atoms with Gasteiger partial charge in [0.2, 0.25) is 15.8 Å². The molecule has 10 nitrogen and oxygen atoms in total. The molecule has 1 saturated heterocycles. The van der Waals surface area contributed by atoms with Crippen LogP contribution in [0.1, 0.15) is 41.6 Å². The molecule has 0 unspecified atom stereocenters. The largest absolute Gasteiger partial charge is 0.461 e. The maximum atomic E-state index is 13.8. The van der Waals surface area contributed by atoms with Crippen molar-refractivity contribution in [1.29, 1.82) is 0 Å². The number of carbonyl (C=O) groups excluding carboxylic acids is 1. The number of piperidine rings is 1. The average molecular weight is 528 g/mol. The van der Waals surface area contributed by atoms with E-state index in [1.165, 1.54) is 21.0 Å². The van der Waals surface area contributed by atoms with E-state index in [0.29, 0.717) is 5.56 Å². The standard InChI is InChI=1S/C22H26FN3O7S2/c1-4-31-20(28)17-18(33-34-3)19(27)26-11-12-32-22(21(26)24-17)7-9-25(10-8-22)35(29,30)16-13-15(23)6-5-14(16)2/h5-6,13H,4,7-12H2,1-3H3. The van der Waals surface area contributed by atoms with Gasteiger partial charge in [-0.1, -0.05) is 6.07 Å². The summed E-state index contributed by atoms with van der Waals surface area (Å²) in [7, 11) is -3.95. The van der Waals surface area contributed by atoms with Crippen LogP contribution in [-0.2, 0) is 31.6 Å². The number of fused-ring (bicyclic) bond motifs is 2. The Labute approximate surface area is 206 Å². The smallest absolute Gasteiger partial charge is 0.361 e.